The lowest BCUT2D eigenvalue weighted by Crippen LogP contribution is -2.32. The van der Waals surface area contributed by atoms with Crippen molar-refractivity contribution in [3.8, 4) is 6.07 Å². The summed E-state index contributed by atoms with van der Waals surface area (Å²) in [6.07, 6.45) is 4.51. The van der Waals surface area contributed by atoms with Gasteiger partial charge in [0, 0.05) is 44.9 Å². The number of nitrogens with zero attached hydrogens (tertiary/aromatic N) is 4. The third-order valence-corrected chi connectivity index (χ3v) is 7.04. The molecule has 0 atom stereocenters. The Bertz CT molecular complexity index is 1170. The lowest BCUT2D eigenvalue weighted by molar-refractivity contribution is 0.599. The first-order valence-electron chi connectivity index (χ1n) is 9.00. The maximum absolute atomic E-state index is 12.4. The summed E-state index contributed by atoms with van der Waals surface area (Å²) in [6, 6.07) is 9.82. The van der Waals surface area contributed by atoms with Crippen molar-refractivity contribution >= 4 is 31.2 Å². The van der Waals surface area contributed by atoms with E-state index in [1.165, 1.54) is 12.1 Å². The third kappa shape index (κ3) is 4.68. The van der Waals surface area contributed by atoms with Gasteiger partial charge in [-0.25, -0.2) is 21.8 Å². The SMILES string of the molecule is CS(=O)(=O)c1ccc(N2CCCN(c3ncccc3C#N)CC2)c(S(C)(=O)=O)c1. The van der Waals surface area contributed by atoms with Crippen LogP contribution in [0.1, 0.15) is 12.0 Å². The molecule has 29 heavy (non-hydrogen) atoms. The molecule has 1 aromatic carbocycles. The summed E-state index contributed by atoms with van der Waals surface area (Å²) in [5.74, 6) is 0.618. The second kappa shape index (κ2) is 8.00. The van der Waals surface area contributed by atoms with Gasteiger partial charge in [0.25, 0.3) is 0 Å². The van der Waals surface area contributed by atoms with E-state index in [0.29, 0.717) is 43.2 Å². The summed E-state index contributed by atoms with van der Waals surface area (Å²) >= 11 is 0. The molecule has 0 N–H and O–H groups in total. The molecule has 0 saturated carbocycles. The van der Waals surface area contributed by atoms with E-state index in [9.17, 15) is 22.1 Å². The minimum absolute atomic E-state index is 0.00410. The summed E-state index contributed by atoms with van der Waals surface area (Å²) in [4.78, 5) is 8.27. The Hall–Kier alpha value is -2.64. The third-order valence-electron chi connectivity index (χ3n) is 4.80. The van der Waals surface area contributed by atoms with E-state index in [1.807, 2.05) is 9.80 Å². The smallest absolute Gasteiger partial charge is 0.177 e. The fraction of sp³-hybridized carbons (Fsp3) is 0.368. The molecule has 1 aromatic heterocycles. The van der Waals surface area contributed by atoms with E-state index in [2.05, 4.69) is 11.1 Å². The number of hydrogen-bond donors (Lipinski definition) is 0. The molecule has 0 bridgehead atoms. The van der Waals surface area contributed by atoms with Crippen LogP contribution in [0.25, 0.3) is 0 Å². The second-order valence-corrected chi connectivity index (χ2v) is 11.0. The van der Waals surface area contributed by atoms with Gasteiger partial charge < -0.3 is 9.80 Å². The second-order valence-electron chi connectivity index (χ2n) is 6.99. The van der Waals surface area contributed by atoms with Crippen molar-refractivity contribution in [2.45, 2.75) is 16.2 Å². The standard InChI is InChI=1S/C19H22N4O4S2/c1-28(24,25)16-6-7-17(18(13-16)29(2,26)27)22-9-4-10-23(12-11-22)19-15(14-20)5-3-8-21-19/h3,5-8,13H,4,9-12H2,1-2H3. The van der Waals surface area contributed by atoms with Crippen LogP contribution >= 0.6 is 0 Å². The van der Waals surface area contributed by atoms with Crippen LogP contribution in [0.2, 0.25) is 0 Å². The van der Waals surface area contributed by atoms with E-state index in [0.717, 1.165) is 18.9 Å². The first kappa shape index (κ1) is 21.1. The van der Waals surface area contributed by atoms with Crippen LogP contribution in [0.15, 0.2) is 46.3 Å². The van der Waals surface area contributed by atoms with Crippen molar-refractivity contribution in [2.75, 3.05) is 48.5 Å². The number of nitriles is 1. The molecule has 154 valence electrons. The molecule has 2 heterocycles. The van der Waals surface area contributed by atoms with Gasteiger partial charge in [-0.1, -0.05) is 0 Å². The molecule has 1 aliphatic rings. The van der Waals surface area contributed by atoms with Gasteiger partial charge in [-0.2, -0.15) is 5.26 Å². The monoisotopic (exact) mass is 434 g/mol. The first-order valence-corrected chi connectivity index (χ1v) is 12.8. The van der Waals surface area contributed by atoms with Crippen molar-refractivity contribution in [2.24, 2.45) is 0 Å². The van der Waals surface area contributed by atoms with Gasteiger partial charge >= 0.3 is 0 Å². The first-order chi connectivity index (χ1) is 13.6. The molecule has 8 nitrogen and oxygen atoms in total. The zero-order chi connectivity index (χ0) is 21.2. The van der Waals surface area contributed by atoms with Gasteiger partial charge in [0.15, 0.2) is 19.7 Å². The zero-order valence-electron chi connectivity index (χ0n) is 16.2. The molecule has 0 unspecified atom stereocenters. The molecule has 3 rings (SSSR count). The molecular formula is C19H22N4O4S2. The van der Waals surface area contributed by atoms with Gasteiger partial charge in [0.1, 0.15) is 11.9 Å². The van der Waals surface area contributed by atoms with Crippen LogP contribution in [0.5, 0.6) is 0 Å². The topological polar surface area (TPSA) is 111 Å². The summed E-state index contributed by atoms with van der Waals surface area (Å²) < 4.78 is 48.4. The summed E-state index contributed by atoms with van der Waals surface area (Å²) in [6.45, 7) is 2.36. The van der Waals surface area contributed by atoms with Crippen molar-refractivity contribution < 1.29 is 16.8 Å². The largest absolute Gasteiger partial charge is 0.369 e. The van der Waals surface area contributed by atoms with Crippen LogP contribution in [0.3, 0.4) is 0 Å². The van der Waals surface area contributed by atoms with Crippen molar-refractivity contribution in [3.05, 3.63) is 42.1 Å². The van der Waals surface area contributed by atoms with Crippen LogP contribution in [-0.2, 0) is 19.7 Å². The summed E-state index contributed by atoms with van der Waals surface area (Å²) in [5.41, 5.74) is 0.985. The number of sulfone groups is 2. The fourth-order valence-electron chi connectivity index (χ4n) is 3.39. The Morgan fingerprint density at radius 1 is 0.966 bits per heavy atom. The van der Waals surface area contributed by atoms with E-state index in [1.54, 1.807) is 24.4 Å². The minimum Gasteiger partial charge on any atom is -0.369 e. The summed E-state index contributed by atoms with van der Waals surface area (Å²) in [5, 5.41) is 9.32. The molecule has 1 aliphatic heterocycles. The quantitative estimate of drug-likeness (QED) is 0.711. The Morgan fingerprint density at radius 3 is 2.31 bits per heavy atom. The van der Waals surface area contributed by atoms with E-state index >= 15 is 0 Å². The average molecular weight is 435 g/mol. The molecule has 1 saturated heterocycles. The van der Waals surface area contributed by atoms with Crippen LogP contribution in [0, 0.1) is 11.3 Å². The predicted octanol–water partition coefficient (Wildman–Crippen LogP) is 1.48. The Labute approximate surface area is 171 Å². The molecular weight excluding hydrogens is 412 g/mol. The number of aromatic nitrogens is 1. The minimum atomic E-state index is -3.63. The Morgan fingerprint density at radius 2 is 1.66 bits per heavy atom. The number of pyridine rings is 1. The Kier molecular flexibility index (Phi) is 5.82. The lowest BCUT2D eigenvalue weighted by Gasteiger charge is -2.26. The van der Waals surface area contributed by atoms with Crippen molar-refractivity contribution in [1.29, 1.82) is 5.26 Å². The molecule has 0 amide bonds. The highest BCUT2D eigenvalue weighted by Gasteiger charge is 2.24. The van der Waals surface area contributed by atoms with E-state index in [-0.39, 0.29) is 9.79 Å². The van der Waals surface area contributed by atoms with Crippen molar-refractivity contribution in [3.63, 3.8) is 0 Å². The van der Waals surface area contributed by atoms with E-state index < -0.39 is 19.7 Å². The van der Waals surface area contributed by atoms with Gasteiger partial charge in [-0.05, 0) is 36.8 Å². The number of benzene rings is 1. The number of hydrogen-bond acceptors (Lipinski definition) is 8. The fourth-order valence-corrected chi connectivity index (χ4v) is 5.03. The summed E-state index contributed by atoms with van der Waals surface area (Å²) in [7, 11) is -7.15. The van der Waals surface area contributed by atoms with Crippen LogP contribution in [0.4, 0.5) is 11.5 Å². The number of rotatable bonds is 4. The highest BCUT2D eigenvalue weighted by Crippen LogP contribution is 2.30. The molecule has 1 fully saturated rings. The maximum atomic E-state index is 12.4. The van der Waals surface area contributed by atoms with Gasteiger partial charge in [-0.15, -0.1) is 0 Å². The Balaban J connectivity index is 1.93. The zero-order valence-corrected chi connectivity index (χ0v) is 17.9. The number of anilines is 2. The molecule has 2 aromatic rings. The van der Waals surface area contributed by atoms with Crippen LogP contribution in [-0.4, -0.2) is 60.5 Å². The highest BCUT2D eigenvalue weighted by molar-refractivity contribution is 7.91. The maximum Gasteiger partial charge on any atom is 0.177 e. The van der Waals surface area contributed by atoms with Gasteiger partial charge in [-0.3, -0.25) is 0 Å². The van der Waals surface area contributed by atoms with Crippen molar-refractivity contribution in [1.82, 2.24) is 4.98 Å². The lowest BCUT2D eigenvalue weighted by atomic mass is 10.2. The average Bonchev–Trinajstić information content (AvgIpc) is 2.92. The highest BCUT2D eigenvalue weighted by atomic mass is 32.2. The molecule has 10 heteroatoms. The van der Waals surface area contributed by atoms with Crippen LogP contribution < -0.4 is 9.80 Å². The molecule has 0 aliphatic carbocycles. The molecule has 0 radical (unpaired) electrons. The normalized spacial score (nSPS) is 15.6. The molecule has 0 spiro atoms. The van der Waals surface area contributed by atoms with Gasteiger partial charge in [0.05, 0.1) is 21.0 Å². The van der Waals surface area contributed by atoms with E-state index in [4.69, 9.17) is 0 Å². The van der Waals surface area contributed by atoms with Gasteiger partial charge in [0.2, 0.25) is 0 Å². The predicted molar refractivity (Wildman–Crippen MR) is 111 cm³/mol.